The van der Waals surface area contributed by atoms with Crippen LogP contribution in [0.5, 0.6) is 0 Å². The van der Waals surface area contributed by atoms with Crippen LogP contribution in [-0.4, -0.2) is 0 Å². The van der Waals surface area contributed by atoms with Gasteiger partial charge in [0, 0.05) is 6.07 Å². The van der Waals surface area contributed by atoms with E-state index in [9.17, 15) is 0 Å². The third kappa shape index (κ3) is 0.913. The lowest BCUT2D eigenvalue weighted by Crippen LogP contribution is -1.76. The summed E-state index contributed by atoms with van der Waals surface area (Å²) in [4.78, 5) is 0. The Kier molecular flexibility index (Phi) is 1.00. The lowest BCUT2D eigenvalue weighted by Gasteiger charge is -1.65. The minimum absolute atomic E-state index is 0.171. The Morgan fingerprint density at radius 1 is 1.57 bits per heavy atom. The standard InChI is InChI=1S/C4H7N2S/c5-4-1-2-7(6)3-4/h1-3H,5-6H2/q+1. The summed E-state index contributed by atoms with van der Waals surface area (Å²) in [5.41, 5.74) is 6.11. The normalized spacial score (nSPS) is 11.9. The van der Waals surface area contributed by atoms with Crippen molar-refractivity contribution in [3.05, 3.63) is 16.8 Å². The Morgan fingerprint density at radius 2 is 2.29 bits per heavy atom. The third-order valence-corrected chi connectivity index (χ3v) is 1.68. The van der Waals surface area contributed by atoms with Crippen molar-refractivity contribution in [2.45, 2.75) is 0 Å². The number of hydrogen-bond donors (Lipinski definition) is 2. The lowest BCUT2D eigenvalue weighted by molar-refractivity contribution is 1.89. The molecule has 38 valence electrons. The predicted molar refractivity (Wildman–Crippen MR) is 33.5 cm³/mol. The molecule has 0 aromatic carbocycles. The van der Waals surface area contributed by atoms with Crippen LogP contribution in [-0.2, 0) is 0 Å². The number of thiophene rings is 1. The van der Waals surface area contributed by atoms with Crippen molar-refractivity contribution >= 4 is 16.3 Å². The Bertz CT molecular complexity index is 142. The van der Waals surface area contributed by atoms with Crippen molar-refractivity contribution in [3.8, 4) is 0 Å². The first-order valence-electron chi connectivity index (χ1n) is 1.91. The Hall–Kier alpha value is -0.540. The highest BCUT2D eigenvalue weighted by molar-refractivity contribution is 7.28. The molecular formula is C4H7N2S+. The number of anilines is 1. The summed E-state index contributed by atoms with van der Waals surface area (Å²) in [6, 6.07) is 1.82. The zero-order valence-electron chi connectivity index (χ0n) is 3.79. The van der Waals surface area contributed by atoms with E-state index in [0.717, 1.165) is 5.69 Å². The second kappa shape index (κ2) is 1.52. The Balaban J connectivity index is 3.04. The molecule has 0 aliphatic rings. The zero-order chi connectivity index (χ0) is 5.28. The number of hydrogen-bond acceptors (Lipinski definition) is 2. The van der Waals surface area contributed by atoms with Gasteiger partial charge in [0.15, 0.2) is 10.8 Å². The fraction of sp³-hybridized carbons (Fsp3) is 0. The lowest BCUT2D eigenvalue weighted by atomic mass is 10.6. The summed E-state index contributed by atoms with van der Waals surface area (Å²) in [7, 11) is -0.171. The van der Waals surface area contributed by atoms with Crippen LogP contribution in [0.1, 0.15) is 0 Å². The first-order valence-corrected chi connectivity index (χ1v) is 3.32. The van der Waals surface area contributed by atoms with Crippen LogP contribution in [0.2, 0.25) is 0 Å². The molecule has 1 rings (SSSR count). The quantitative estimate of drug-likeness (QED) is 0.490. The summed E-state index contributed by atoms with van der Waals surface area (Å²) in [6.45, 7) is 0. The van der Waals surface area contributed by atoms with Crippen LogP contribution in [0.25, 0.3) is 0 Å². The van der Waals surface area contributed by atoms with E-state index < -0.39 is 0 Å². The smallest absolute Gasteiger partial charge is 0.182 e. The largest absolute Gasteiger partial charge is 0.395 e. The average molecular weight is 115 g/mol. The van der Waals surface area contributed by atoms with Gasteiger partial charge in [-0.05, 0) is 0 Å². The van der Waals surface area contributed by atoms with Gasteiger partial charge in [0.1, 0.15) is 0 Å². The predicted octanol–water partition coefficient (Wildman–Crippen LogP) is 0.732. The molecule has 0 aliphatic carbocycles. The molecule has 0 spiro atoms. The van der Waals surface area contributed by atoms with E-state index in [0.29, 0.717) is 0 Å². The van der Waals surface area contributed by atoms with Crippen LogP contribution in [0.3, 0.4) is 0 Å². The van der Waals surface area contributed by atoms with Crippen molar-refractivity contribution in [2.75, 3.05) is 10.9 Å². The van der Waals surface area contributed by atoms with Gasteiger partial charge >= 0.3 is 0 Å². The summed E-state index contributed by atoms with van der Waals surface area (Å²) in [5, 5.41) is 9.13. The van der Waals surface area contributed by atoms with Gasteiger partial charge in [-0.15, -0.1) is 5.14 Å². The maximum atomic E-state index is 5.41. The Morgan fingerprint density at radius 3 is 2.43 bits per heavy atom. The van der Waals surface area contributed by atoms with Crippen LogP contribution in [0.4, 0.5) is 5.69 Å². The number of nitrogen functional groups attached to an aromatic ring is 2. The van der Waals surface area contributed by atoms with E-state index >= 15 is 0 Å². The molecule has 1 atom stereocenters. The van der Waals surface area contributed by atoms with Crippen molar-refractivity contribution in [3.63, 3.8) is 0 Å². The van der Waals surface area contributed by atoms with Crippen molar-refractivity contribution in [1.29, 1.82) is 0 Å². The van der Waals surface area contributed by atoms with Crippen LogP contribution < -0.4 is 10.9 Å². The summed E-state index contributed by atoms with van der Waals surface area (Å²) in [5.74, 6) is 0. The minimum atomic E-state index is -0.171. The van der Waals surface area contributed by atoms with E-state index in [2.05, 4.69) is 0 Å². The molecule has 3 heteroatoms. The highest BCUT2D eigenvalue weighted by atomic mass is 32.2. The maximum Gasteiger partial charge on any atom is 0.182 e. The van der Waals surface area contributed by atoms with Gasteiger partial charge in [-0.25, -0.2) is 0 Å². The second-order valence-corrected chi connectivity index (χ2v) is 2.65. The maximum absolute atomic E-state index is 5.41. The van der Waals surface area contributed by atoms with E-state index in [4.69, 9.17) is 10.9 Å². The topological polar surface area (TPSA) is 52.0 Å². The van der Waals surface area contributed by atoms with Gasteiger partial charge in [-0.3, -0.25) is 0 Å². The summed E-state index contributed by atoms with van der Waals surface area (Å²) >= 11 is 0. The molecule has 1 aromatic rings. The summed E-state index contributed by atoms with van der Waals surface area (Å²) in [6.07, 6.45) is 0. The molecule has 0 aliphatic heterocycles. The molecule has 1 aromatic heterocycles. The molecule has 2 nitrogen and oxygen atoms in total. The fourth-order valence-electron chi connectivity index (χ4n) is 0.393. The van der Waals surface area contributed by atoms with E-state index in [1.807, 2.05) is 16.8 Å². The van der Waals surface area contributed by atoms with Crippen molar-refractivity contribution in [1.82, 2.24) is 0 Å². The van der Waals surface area contributed by atoms with Crippen LogP contribution >= 0.6 is 10.7 Å². The minimum Gasteiger partial charge on any atom is -0.395 e. The van der Waals surface area contributed by atoms with Crippen molar-refractivity contribution < 1.29 is 0 Å². The fourth-order valence-corrected chi connectivity index (χ4v) is 1.18. The molecule has 7 heavy (non-hydrogen) atoms. The third-order valence-electron chi connectivity index (χ3n) is 0.690. The number of rotatable bonds is 0. The van der Waals surface area contributed by atoms with Gasteiger partial charge in [-0.1, -0.05) is 0 Å². The van der Waals surface area contributed by atoms with E-state index in [1.54, 1.807) is 0 Å². The molecular weight excluding hydrogens is 108 g/mol. The molecule has 0 fully saturated rings. The van der Waals surface area contributed by atoms with E-state index in [-0.39, 0.29) is 10.7 Å². The van der Waals surface area contributed by atoms with Gasteiger partial charge < -0.3 is 5.73 Å². The molecule has 0 bridgehead atoms. The molecule has 0 radical (unpaired) electrons. The first-order chi connectivity index (χ1) is 3.29. The molecule has 1 unspecified atom stereocenters. The second-order valence-electron chi connectivity index (χ2n) is 1.33. The van der Waals surface area contributed by atoms with Crippen LogP contribution in [0.15, 0.2) is 16.8 Å². The molecule has 4 N–H and O–H groups in total. The number of nitrogens with two attached hydrogens (primary N) is 2. The average Bonchev–Trinajstić information content (AvgIpc) is 1.87. The van der Waals surface area contributed by atoms with Gasteiger partial charge in [0.2, 0.25) is 0 Å². The highest BCUT2D eigenvalue weighted by Gasteiger charge is 1.94. The SMILES string of the molecule is Nc1cc[s+](N)c1. The zero-order valence-corrected chi connectivity index (χ0v) is 4.61. The summed E-state index contributed by atoms with van der Waals surface area (Å²) < 4.78 is 0. The Labute approximate surface area is 44.9 Å². The van der Waals surface area contributed by atoms with Crippen molar-refractivity contribution in [2.24, 2.45) is 0 Å². The van der Waals surface area contributed by atoms with Crippen LogP contribution in [0, 0.1) is 0 Å². The van der Waals surface area contributed by atoms with E-state index in [1.165, 1.54) is 0 Å². The van der Waals surface area contributed by atoms with Gasteiger partial charge in [0.05, 0.1) is 16.3 Å². The molecule has 0 amide bonds. The monoisotopic (exact) mass is 115 g/mol. The molecule has 1 heterocycles. The molecule has 0 saturated heterocycles. The van der Waals surface area contributed by atoms with Gasteiger partial charge in [-0.2, -0.15) is 0 Å². The highest BCUT2D eigenvalue weighted by Crippen LogP contribution is 2.13. The molecule has 0 saturated carbocycles. The first kappa shape index (κ1) is 4.61. The van der Waals surface area contributed by atoms with Gasteiger partial charge in [0.25, 0.3) is 0 Å².